The first kappa shape index (κ1) is 34.7. The maximum absolute atomic E-state index is 2.65. The van der Waals surface area contributed by atoms with Gasteiger partial charge >= 0.3 is 0 Å². The summed E-state index contributed by atoms with van der Waals surface area (Å²) in [5.74, 6) is 2.73. The first-order chi connectivity index (χ1) is 29.6. The number of para-hydroxylation sites is 2. The lowest BCUT2D eigenvalue weighted by atomic mass is 9.47. The molecule has 1 spiro atoms. The molecule has 0 saturated heterocycles. The molecule has 0 amide bonds. The summed E-state index contributed by atoms with van der Waals surface area (Å²) in [5.41, 5.74) is 13.1. The molecule has 2 aromatic heterocycles. The van der Waals surface area contributed by atoms with Gasteiger partial charge in [0.25, 0.3) is 0 Å². The average molecular weight is 791 g/mol. The van der Waals surface area contributed by atoms with Crippen LogP contribution in [0.3, 0.4) is 0 Å². The molecule has 3 heterocycles. The molecule has 3 heteroatoms. The number of hydrogen-bond acceptors (Lipinski definition) is 2. The first-order valence-electron chi connectivity index (χ1n) is 22.0. The minimum atomic E-state index is -0.0421. The molecule has 3 aliphatic rings. The summed E-state index contributed by atoms with van der Waals surface area (Å²) in [6.45, 7) is 5.11. The molecule has 0 radical (unpaired) electrons. The van der Waals surface area contributed by atoms with Crippen molar-refractivity contribution >= 4 is 81.1 Å². The van der Waals surface area contributed by atoms with Gasteiger partial charge in [-0.05, 0) is 131 Å². The van der Waals surface area contributed by atoms with Gasteiger partial charge in [0.15, 0.2) is 0 Å². The van der Waals surface area contributed by atoms with Gasteiger partial charge in [0.05, 0.1) is 22.4 Å². The first-order valence-corrected chi connectivity index (χ1v) is 22.8. The van der Waals surface area contributed by atoms with Crippen LogP contribution in [0.1, 0.15) is 50.7 Å². The predicted octanol–water partition coefficient (Wildman–Crippen LogP) is 16.1. The Morgan fingerprint density at radius 3 is 2.28 bits per heavy atom. The molecule has 1 unspecified atom stereocenters. The summed E-state index contributed by atoms with van der Waals surface area (Å²) in [6, 6.07) is 64.5. The van der Waals surface area contributed by atoms with E-state index in [0.29, 0.717) is 11.8 Å². The van der Waals surface area contributed by atoms with E-state index in [1.54, 1.807) is 0 Å². The highest BCUT2D eigenvalue weighted by atomic mass is 32.1. The quantitative estimate of drug-likeness (QED) is 0.172. The van der Waals surface area contributed by atoms with Gasteiger partial charge < -0.3 is 9.47 Å². The van der Waals surface area contributed by atoms with Crippen molar-refractivity contribution in [2.75, 3.05) is 4.90 Å². The Morgan fingerprint density at radius 2 is 1.35 bits per heavy atom. The van der Waals surface area contributed by atoms with Crippen LogP contribution in [-0.4, -0.2) is 4.57 Å². The predicted molar refractivity (Wildman–Crippen MR) is 256 cm³/mol. The molecule has 60 heavy (non-hydrogen) atoms. The van der Waals surface area contributed by atoms with Crippen LogP contribution < -0.4 is 4.90 Å². The third kappa shape index (κ3) is 4.76. The molecule has 10 aromatic rings. The summed E-state index contributed by atoms with van der Waals surface area (Å²) in [6.07, 6.45) is 5.29. The third-order valence-electron chi connectivity index (χ3n) is 15.0. The highest BCUT2D eigenvalue weighted by Gasteiger charge is 2.56. The largest absolute Gasteiger partial charge is 0.310 e. The molecular formula is C57H46N2S. The number of fused-ring (bicyclic) bond motifs is 14. The minimum Gasteiger partial charge on any atom is -0.310 e. The average Bonchev–Trinajstić information content (AvgIpc) is 3.84. The van der Waals surface area contributed by atoms with Gasteiger partial charge in [-0.15, -0.1) is 11.3 Å². The van der Waals surface area contributed by atoms with Crippen molar-refractivity contribution in [2.45, 2.75) is 44.9 Å². The van der Waals surface area contributed by atoms with Gasteiger partial charge in [0.2, 0.25) is 0 Å². The van der Waals surface area contributed by atoms with Gasteiger partial charge in [-0.25, -0.2) is 0 Å². The van der Waals surface area contributed by atoms with E-state index in [2.05, 4.69) is 193 Å². The van der Waals surface area contributed by atoms with Crippen molar-refractivity contribution in [2.24, 2.45) is 23.7 Å². The number of anilines is 3. The minimum absolute atomic E-state index is 0.0421. The van der Waals surface area contributed by atoms with Crippen LogP contribution in [-0.2, 0) is 5.41 Å². The van der Waals surface area contributed by atoms with E-state index in [0.717, 1.165) is 17.5 Å². The van der Waals surface area contributed by atoms with Crippen LogP contribution in [0.5, 0.6) is 0 Å². The molecule has 2 nitrogen and oxygen atoms in total. The Morgan fingerprint density at radius 1 is 0.583 bits per heavy atom. The van der Waals surface area contributed by atoms with Crippen LogP contribution >= 0.6 is 11.3 Å². The standard InChI is InChI=1S/C57H46N2S/c1-35-29-37-31-36(2)57(41(30-35)32-37)48-21-7-9-23-51(48)59-50-22-8-5-18-47(50)54-52(28-27-49(57)55(54)59)58(43-26-25-38-13-3-4-14-39(38)33-43)42-16-11-15-40(34-42)44-19-12-20-46-45-17-6-10-24-53(45)60-56(44)46/h3-28,33-37,41H,29-32H2,1-2H3/t35-,36+,37-,41+,57?/m1/s1. The van der Waals surface area contributed by atoms with Crippen molar-refractivity contribution in [1.82, 2.24) is 4.57 Å². The number of benzene rings is 8. The van der Waals surface area contributed by atoms with Crippen LogP contribution in [0.2, 0.25) is 0 Å². The lowest BCUT2D eigenvalue weighted by Gasteiger charge is -2.57. The van der Waals surface area contributed by atoms with Crippen molar-refractivity contribution in [1.29, 1.82) is 0 Å². The summed E-state index contributed by atoms with van der Waals surface area (Å²) in [4.78, 5) is 2.56. The van der Waals surface area contributed by atoms with Crippen LogP contribution in [0.15, 0.2) is 170 Å². The molecule has 2 bridgehead atoms. The number of hydrogen-bond donors (Lipinski definition) is 0. The molecule has 0 N–H and O–H groups in total. The highest BCUT2D eigenvalue weighted by molar-refractivity contribution is 7.26. The Balaban J connectivity index is 1.11. The fourth-order valence-electron chi connectivity index (χ4n) is 12.9. The smallest absolute Gasteiger partial charge is 0.0603 e. The SMILES string of the molecule is C[C@@H]1C[C@H]2C[C@H](C1)C1(c3ccccc3-n3c4ccccc4c4c(N(c5cccc(-c6cccc7c6sc6ccccc67)c5)c5ccc6ccccc6c5)ccc1c43)[C@@H](C)C2. The zero-order chi connectivity index (χ0) is 39.7. The van der Waals surface area contributed by atoms with Crippen molar-refractivity contribution in [3.63, 3.8) is 0 Å². The Hall–Kier alpha value is -6.16. The van der Waals surface area contributed by atoms with Gasteiger partial charge in [-0.2, -0.15) is 0 Å². The molecule has 13 rings (SSSR count). The van der Waals surface area contributed by atoms with E-state index >= 15 is 0 Å². The van der Waals surface area contributed by atoms with Crippen LogP contribution in [0.25, 0.3) is 69.6 Å². The molecule has 2 saturated carbocycles. The van der Waals surface area contributed by atoms with Crippen LogP contribution in [0.4, 0.5) is 17.1 Å². The Kier molecular flexibility index (Phi) is 7.47. The maximum atomic E-state index is 2.65. The summed E-state index contributed by atoms with van der Waals surface area (Å²) >= 11 is 1.90. The summed E-state index contributed by atoms with van der Waals surface area (Å²) in [5, 5.41) is 7.81. The topological polar surface area (TPSA) is 8.17 Å². The number of nitrogens with zero attached hydrogens (tertiary/aromatic N) is 2. The van der Waals surface area contributed by atoms with Crippen LogP contribution in [0, 0.1) is 23.7 Å². The highest BCUT2D eigenvalue weighted by Crippen LogP contribution is 2.64. The summed E-state index contributed by atoms with van der Waals surface area (Å²) in [7, 11) is 0. The second-order valence-corrected chi connectivity index (χ2v) is 19.4. The van der Waals surface area contributed by atoms with Crippen molar-refractivity contribution in [3.8, 4) is 16.8 Å². The lowest BCUT2D eigenvalue weighted by Crippen LogP contribution is -2.52. The number of thiophene rings is 1. The van der Waals surface area contributed by atoms with E-state index < -0.39 is 0 Å². The van der Waals surface area contributed by atoms with E-state index in [-0.39, 0.29) is 5.41 Å². The number of aromatic nitrogens is 1. The third-order valence-corrected chi connectivity index (χ3v) is 16.3. The van der Waals surface area contributed by atoms with E-state index in [1.807, 2.05) is 11.3 Å². The molecular weight excluding hydrogens is 745 g/mol. The molecule has 5 atom stereocenters. The van der Waals surface area contributed by atoms with E-state index in [9.17, 15) is 0 Å². The second-order valence-electron chi connectivity index (χ2n) is 18.3. The van der Waals surface area contributed by atoms with E-state index in [4.69, 9.17) is 0 Å². The monoisotopic (exact) mass is 790 g/mol. The molecule has 290 valence electrons. The second kappa shape index (κ2) is 12.9. The fourth-order valence-corrected chi connectivity index (χ4v) is 14.2. The zero-order valence-electron chi connectivity index (χ0n) is 34.1. The van der Waals surface area contributed by atoms with Gasteiger partial charge in [0.1, 0.15) is 0 Å². The van der Waals surface area contributed by atoms with Crippen molar-refractivity contribution < 1.29 is 0 Å². The Labute approximate surface area is 355 Å². The Bertz CT molecular complexity index is 3360. The molecule has 1 aliphatic heterocycles. The maximum Gasteiger partial charge on any atom is 0.0603 e. The van der Waals surface area contributed by atoms with Gasteiger partial charge in [-0.1, -0.05) is 135 Å². The number of rotatable bonds is 4. The molecule has 8 aromatic carbocycles. The van der Waals surface area contributed by atoms with Crippen molar-refractivity contribution in [3.05, 3.63) is 181 Å². The lowest BCUT2D eigenvalue weighted by molar-refractivity contribution is 0.0401. The zero-order valence-corrected chi connectivity index (χ0v) is 34.9. The van der Waals surface area contributed by atoms with Gasteiger partial charge in [-0.3, -0.25) is 0 Å². The summed E-state index contributed by atoms with van der Waals surface area (Å²) < 4.78 is 5.32. The fraction of sp³-hybridized carbons (Fsp3) is 0.193. The van der Waals surface area contributed by atoms with E-state index in [1.165, 1.54) is 118 Å². The molecule has 2 fully saturated rings. The molecule has 2 aliphatic carbocycles. The van der Waals surface area contributed by atoms with Gasteiger partial charge in [0, 0.05) is 47.7 Å². The normalized spacial score (nSPS) is 22.0.